The molecule has 0 spiro atoms. The molecule has 0 rings (SSSR count). The van der Waals surface area contributed by atoms with Gasteiger partial charge in [0.1, 0.15) is 0 Å². The van der Waals surface area contributed by atoms with Crippen molar-refractivity contribution < 1.29 is 9.46 Å². The molecule has 0 radical (unpaired) electrons. The first-order valence-electron chi connectivity index (χ1n) is 3.84. The van der Waals surface area contributed by atoms with Crippen LogP contribution in [0.25, 0.3) is 0 Å². The van der Waals surface area contributed by atoms with Crippen LogP contribution in [0.2, 0.25) is 0 Å². The summed E-state index contributed by atoms with van der Waals surface area (Å²) in [6.45, 7) is 0.754. The molecular formula is C6H15Cl2N2O2P. The molecule has 0 aliphatic rings. The van der Waals surface area contributed by atoms with Gasteiger partial charge in [0.15, 0.2) is 0 Å². The molecule has 0 bridgehead atoms. The molecule has 80 valence electrons. The fraction of sp³-hybridized carbons (Fsp3) is 1.00. The van der Waals surface area contributed by atoms with Gasteiger partial charge in [-0.25, -0.2) is 9.34 Å². The fourth-order valence-electron chi connectivity index (χ4n) is 0.766. The van der Waals surface area contributed by atoms with Crippen molar-refractivity contribution in [2.45, 2.75) is 0 Å². The number of hydrogen-bond acceptors (Lipinski definition) is 1. The third kappa shape index (κ3) is 4.15. The molecule has 0 aromatic heterocycles. The van der Waals surface area contributed by atoms with E-state index in [1.807, 2.05) is 0 Å². The minimum absolute atomic E-state index is 0.329. The number of rotatable bonds is 6. The molecule has 0 fully saturated rings. The third-order valence-corrected chi connectivity index (χ3v) is 4.22. The van der Waals surface area contributed by atoms with Gasteiger partial charge in [0.05, 0.1) is 0 Å². The number of alkyl halides is 2. The van der Waals surface area contributed by atoms with Crippen molar-refractivity contribution in [3.05, 3.63) is 0 Å². The molecule has 0 atom stereocenters. The largest absolute Gasteiger partial charge is 0.343 e. The molecule has 0 aliphatic carbocycles. The Morgan fingerprint density at radius 3 is 1.69 bits per heavy atom. The average molecular weight is 249 g/mol. The van der Waals surface area contributed by atoms with Gasteiger partial charge < -0.3 is 4.89 Å². The lowest BCUT2D eigenvalue weighted by Crippen LogP contribution is -2.29. The highest BCUT2D eigenvalue weighted by atomic mass is 35.5. The van der Waals surface area contributed by atoms with E-state index in [2.05, 4.69) is 0 Å². The molecule has 0 saturated carbocycles. The summed E-state index contributed by atoms with van der Waals surface area (Å²) in [6, 6.07) is 0. The molecule has 1 N–H and O–H groups in total. The highest BCUT2D eigenvalue weighted by Gasteiger charge is 2.28. The van der Waals surface area contributed by atoms with Crippen molar-refractivity contribution in [2.24, 2.45) is 0 Å². The minimum atomic E-state index is -3.41. The second kappa shape index (κ2) is 6.23. The summed E-state index contributed by atoms with van der Waals surface area (Å²) in [7, 11) is -0.283. The zero-order valence-corrected chi connectivity index (χ0v) is 10.2. The van der Waals surface area contributed by atoms with Crippen LogP contribution in [-0.2, 0) is 4.57 Å². The van der Waals surface area contributed by atoms with E-state index in [9.17, 15) is 9.46 Å². The normalized spacial score (nSPS) is 12.8. The van der Waals surface area contributed by atoms with Crippen molar-refractivity contribution in [3.8, 4) is 0 Å². The van der Waals surface area contributed by atoms with Gasteiger partial charge in [-0.3, -0.25) is 4.57 Å². The predicted molar refractivity (Wildman–Crippen MR) is 56.5 cm³/mol. The maximum Gasteiger partial charge on any atom is 0.343 e. The van der Waals surface area contributed by atoms with E-state index >= 15 is 0 Å². The molecule has 0 amide bonds. The second-order valence-electron chi connectivity index (χ2n) is 2.65. The fourth-order valence-corrected chi connectivity index (χ4v) is 2.75. The van der Waals surface area contributed by atoms with E-state index < -0.39 is 7.67 Å². The Balaban J connectivity index is 4.27. The summed E-state index contributed by atoms with van der Waals surface area (Å²) in [5, 5.41) is 0. The molecule has 13 heavy (non-hydrogen) atoms. The summed E-state index contributed by atoms with van der Waals surface area (Å²) in [4.78, 5) is 9.60. The lowest BCUT2D eigenvalue weighted by Gasteiger charge is -2.29. The monoisotopic (exact) mass is 248 g/mol. The average Bonchev–Trinajstić information content (AvgIpc) is 2.05. The Labute approximate surface area is 89.0 Å². The van der Waals surface area contributed by atoms with E-state index in [-0.39, 0.29) is 0 Å². The van der Waals surface area contributed by atoms with Gasteiger partial charge in [-0.2, -0.15) is 0 Å². The minimum Gasteiger partial charge on any atom is -0.322 e. The molecule has 0 heterocycles. The standard InChI is InChI=1S/C6H15Cl2N2O2P/c1-9(5-3-7)13(11,12)10(2)6-4-8/h3-6H2,1-2H3,(H,11,12). The molecule has 7 heteroatoms. The molecule has 0 saturated heterocycles. The first-order valence-corrected chi connectivity index (χ1v) is 6.48. The van der Waals surface area contributed by atoms with Crippen molar-refractivity contribution in [3.63, 3.8) is 0 Å². The van der Waals surface area contributed by atoms with E-state index in [0.29, 0.717) is 24.8 Å². The van der Waals surface area contributed by atoms with Crippen LogP contribution >= 0.6 is 30.9 Å². The van der Waals surface area contributed by atoms with E-state index in [0.717, 1.165) is 0 Å². The Kier molecular flexibility index (Phi) is 6.56. The van der Waals surface area contributed by atoms with Crippen molar-refractivity contribution >= 4 is 30.9 Å². The van der Waals surface area contributed by atoms with Gasteiger partial charge in [0.25, 0.3) is 0 Å². The van der Waals surface area contributed by atoms with Crippen LogP contribution in [0.1, 0.15) is 0 Å². The maximum atomic E-state index is 11.7. The van der Waals surface area contributed by atoms with Crippen molar-refractivity contribution in [1.82, 2.24) is 9.34 Å². The summed E-state index contributed by atoms with van der Waals surface area (Å²) in [6.07, 6.45) is 0. The molecule has 0 aromatic carbocycles. The highest BCUT2D eigenvalue weighted by molar-refractivity contribution is 7.52. The Morgan fingerprint density at radius 1 is 1.15 bits per heavy atom. The van der Waals surface area contributed by atoms with Gasteiger partial charge in [0, 0.05) is 24.8 Å². The molecule has 0 aliphatic heterocycles. The predicted octanol–water partition coefficient (Wildman–Crippen LogP) is 1.43. The van der Waals surface area contributed by atoms with E-state index in [1.54, 1.807) is 14.1 Å². The van der Waals surface area contributed by atoms with Crippen molar-refractivity contribution in [1.29, 1.82) is 0 Å². The summed E-state index contributed by atoms with van der Waals surface area (Å²) < 4.78 is 14.4. The SMILES string of the molecule is CN(CCCl)P(=O)(O)N(C)CCCl. The molecule has 4 nitrogen and oxygen atoms in total. The van der Waals surface area contributed by atoms with Crippen LogP contribution in [0.15, 0.2) is 0 Å². The van der Waals surface area contributed by atoms with Crippen LogP contribution in [0, 0.1) is 0 Å². The zero-order chi connectivity index (χ0) is 10.5. The highest BCUT2D eigenvalue weighted by Crippen LogP contribution is 2.46. The first kappa shape index (κ1) is 13.7. The van der Waals surface area contributed by atoms with Crippen LogP contribution in [0.4, 0.5) is 0 Å². The van der Waals surface area contributed by atoms with Crippen molar-refractivity contribution in [2.75, 3.05) is 38.9 Å². The summed E-state index contributed by atoms with van der Waals surface area (Å²) >= 11 is 10.9. The molecule has 0 unspecified atom stereocenters. The number of halogens is 2. The molecular weight excluding hydrogens is 234 g/mol. The number of nitrogens with zero attached hydrogens (tertiary/aromatic N) is 2. The topological polar surface area (TPSA) is 43.8 Å². The second-order valence-corrected chi connectivity index (χ2v) is 5.80. The van der Waals surface area contributed by atoms with Gasteiger partial charge in [-0.1, -0.05) is 0 Å². The van der Waals surface area contributed by atoms with Gasteiger partial charge in [-0.05, 0) is 14.1 Å². The Morgan fingerprint density at radius 2 is 1.46 bits per heavy atom. The number of hydrogen-bond donors (Lipinski definition) is 1. The lowest BCUT2D eigenvalue weighted by atomic mass is 10.8. The Hall–Kier alpha value is 0.690. The molecule has 0 aromatic rings. The third-order valence-electron chi connectivity index (χ3n) is 1.71. The summed E-state index contributed by atoms with van der Waals surface area (Å²) in [5.41, 5.74) is 0. The first-order chi connectivity index (χ1) is 5.96. The van der Waals surface area contributed by atoms with Crippen LogP contribution in [0.3, 0.4) is 0 Å². The van der Waals surface area contributed by atoms with Crippen LogP contribution in [0.5, 0.6) is 0 Å². The summed E-state index contributed by atoms with van der Waals surface area (Å²) in [5.74, 6) is 0.658. The van der Waals surface area contributed by atoms with E-state index in [4.69, 9.17) is 23.2 Å². The quantitative estimate of drug-likeness (QED) is 0.571. The van der Waals surface area contributed by atoms with Gasteiger partial charge >= 0.3 is 7.67 Å². The smallest absolute Gasteiger partial charge is 0.322 e. The Bertz CT molecular complexity index is 177. The van der Waals surface area contributed by atoms with Crippen LogP contribution in [-0.4, -0.2) is 53.2 Å². The van der Waals surface area contributed by atoms with Gasteiger partial charge in [-0.15, -0.1) is 23.2 Å². The van der Waals surface area contributed by atoms with E-state index in [1.165, 1.54) is 9.34 Å². The van der Waals surface area contributed by atoms with Gasteiger partial charge in [0.2, 0.25) is 0 Å². The maximum absolute atomic E-state index is 11.7. The zero-order valence-electron chi connectivity index (χ0n) is 7.78. The van der Waals surface area contributed by atoms with Crippen LogP contribution < -0.4 is 0 Å². The lowest BCUT2D eigenvalue weighted by molar-refractivity contribution is 0.318.